The van der Waals surface area contributed by atoms with Crippen molar-refractivity contribution in [3.8, 4) is 0 Å². The number of furan rings is 2. The van der Waals surface area contributed by atoms with Crippen molar-refractivity contribution in [1.82, 2.24) is 0 Å². The van der Waals surface area contributed by atoms with Crippen LogP contribution in [-0.2, 0) is 4.74 Å². The predicted octanol–water partition coefficient (Wildman–Crippen LogP) is 2.73. The van der Waals surface area contributed by atoms with E-state index in [4.69, 9.17) is 9.15 Å². The highest BCUT2D eigenvalue weighted by atomic mass is 16.5. The zero-order valence-electron chi connectivity index (χ0n) is 9.34. The van der Waals surface area contributed by atoms with E-state index in [2.05, 4.69) is 4.99 Å². The molecule has 1 atom stereocenters. The van der Waals surface area contributed by atoms with Crippen molar-refractivity contribution in [2.45, 2.75) is 12.3 Å². The molecule has 1 unspecified atom stereocenters. The van der Waals surface area contributed by atoms with Crippen LogP contribution in [0.4, 0.5) is 0 Å². The molecule has 0 N–H and O–H groups in total. The average Bonchev–Trinajstić information content (AvgIpc) is 2.99. The molecule has 4 heteroatoms. The highest BCUT2D eigenvalue weighted by Crippen LogP contribution is 2.37. The van der Waals surface area contributed by atoms with Crippen LogP contribution in [0, 0.1) is 0 Å². The van der Waals surface area contributed by atoms with Gasteiger partial charge >= 0.3 is 5.97 Å². The van der Waals surface area contributed by atoms with Crippen LogP contribution < -0.4 is 0 Å². The number of carbonyl (C=O) groups excluding carboxylic acids is 1. The standard InChI is InChI=1S/C13H11NO3/c1-16-13(15)12-10-3-2-9(17-10)11(12)8-4-6-14-7-5-8/h2-4,6-8H,5H2,1H3. The fraction of sp³-hybridized carbons (Fsp3) is 0.231. The first kappa shape index (κ1) is 10.1. The third-order valence-corrected chi connectivity index (χ3v) is 3.02. The topological polar surface area (TPSA) is 51.8 Å². The number of ether oxygens (including phenoxy) is 1. The first-order valence-electron chi connectivity index (χ1n) is 5.42. The Bertz CT molecular complexity index is 609. The molecule has 0 spiro atoms. The molecule has 0 saturated heterocycles. The minimum Gasteiger partial charge on any atom is -0.465 e. The quantitative estimate of drug-likeness (QED) is 0.744. The third-order valence-electron chi connectivity index (χ3n) is 3.02. The summed E-state index contributed by atoms with van der Waals surface area (Å²) in [5, 5.41) is 0. The summed E-state index contributed by atoms with van der Waals surface area (Å²) in [6.07, 6.45) is 6.34. The molecular weight excluding hydrogens is 218 g/mol. The molecule has 0 fully saturated rings. The van der Waals surface area contributed by atoms with E-state index in [0.29, 0.717) is 11.1 Å². The lowest BCUT2D eigenvalue weighted by atomic mass is 9.91. The minimum absolute atomic E-state index is 0.138. The van der Waals surface area contributed by atoms with E-state index < -0.39 is 0 Å². The van der Waals surface area contributed by atoms with E-state index in [9.17, 15) is 4.79 Å². The zero-order chi connectivity index (χ0) is 11.8. The largest absolute Gasteiger partial charge is 0.465 e. The Kier molecular flexibility index (Phi) is 2.21. The van der Waals surface area contributed by atoms with Gasteiger partial charge in [0.1, 0.15) is 16.7 Å². The summed E-state index contributed by atoms with van der Waals surface area (Å²) in [5.41, 5.74) is 2.81. The molecule has 0 aromatic carbocycles. The molecule has 2 aromatic heterocycles. The fourth-order valence-corrected chi connectivity index (χ4v) is 2.24. The SMILES string of the molecule is COC(=O)c1c(C2C=CN=CC2)c2ccc1o2. The molecule has 17 heavy (non-hydrogen) atoms. The third kappa shape index (κ3) is 1.45. The van der Waals surface area contributed by atoms with Crippen molar-refractivity contribution in [3.63, 3.8) is 0 Å². The van der Waals surface area contributed by atoms with Crippen LogP contribution in [0.25, 0.3) is 11.2 Å². The molecule has 86 valence electrons. The second-order valence-electron chi connectivity index (χ2n) is 3.96. The monoisotopic (exact) mass is 229 g/mol. The van der Waals surface area contributed by atoms with Crippen molar-refractivity contribution in [3.05, 3.63) is 35.5 Å². The lowest BCUT2D eigenvalue weighted by Gasteiger charge is -2.13. The van der Waals surface area contributed by atoms with Crippen molar-refractivity contribution in [1.29, 1.82) is 0 Å². The molecule has 0 saturated carbocycles. The number of hydrogen-bond donors (Lipinski definition) is 0. The van der Waals surface area contributed by atoms with Crippen molar-refractivity contribution in [2.24, 2.45) is 4.99 Å². The van der Waals surface area contributed by atoms with Crippen molar-refractivity contribution >= 4 is 23.3 Å². The molecule has 1 aliphatic rings. The molecule has 3 heterocycles. The minimum atomic E-state index is -0.342. The van der Waals surface area contributed by atoms with Crippen LogP contribution >= 0.6 is 0 Å². The van der Waals surface area contributed by atoms with Gasteiger partial charge in [-0.15, -0.1) is 0 Å². The molecule has 4 nitrogen and oxygen atoms in total. The second kappa shape index (κ2) is 3.73. The lowest BCUT2D eigenvalue weighted by Crippen LogP contribution is -2.08. The zero-order valence-corrected chi connectivity index (χ0v) is 9.34. The Hall–Kier alpha value is -2.10. The number of allylic oxidation sites excluding steroid dienone is 1. The van der Waals surface area contributed by atoms with Gasteiger partial charge in [0.15, 0.2) is 0 Å². The molecule has 2 aromatic rings. The Morgan fingerprint density at radius 3 is 3.00 bits per heavy atom. The first-order chi connectivity index (χ1) is 8.31. The number of fused-ring (bicyclic) bond motifs is 2. The van der Waals surface area contributed by atoms with Gasteiger partial charge in [0.05, 0.1) is 7.11 Å². The van der Waals surface area contributed by atoms with Crippen LogP contribution in [0.5, 0.6) is 0 Å². The van der Waals surface area contributed by atoms with Gasteiger partial charge in [-0.2, -0.15) is 0 Å². The highest BCUT2D eigenvalue weighted by molar-refractivity contribution is 6.02. The Morgan fingerprint density at radius 1 is 1.47 bits per heavy atom. The average molecular weight is 229 g/mol. The summed E-state index contributed by atoms with van der Waals surface area (Å²) >= 11 is 0. The van der Waals surface area contributed by atoms with E-state index >= 15 is 0 Å². The van der Waals surface area contributed by atoms with Gasteiger partial charge in [0.25, 0.3) is 0 Å². The summed E-state index contributed by atoms with van der Waals surface area (Å²) in [6.45, 7) is 0. The maximum absolute atomic E-state index is 11.8. The van der Waals surface area contributed by atoms with Crippen LogP contribution in [-0.4, -0.2) is 19.3 Å². The number of hydrogen-bond acceptors (Lipinski definition) is 4. The van der Waals surface area contributed by atoms with Crippen LogP contribution in [0.15, 0.2) is 33.8 Å². The molecule has 0 radical (unpaired) electrons. The summed E-state index contributed by atoms with van der Waals surface area (Å²) in [6, 6.07) is 3.68. The van der Waals surface area contributed by atoms with E-state index in [1.165, 1.54) is 7.11 Å². The lowest BCUT2D eigenvalue weighted by molar-refractivity contribution is 0.0601. The summed E-state index contributed by atoms with van der Waals surface area (Å²) < 4.78 is 10.3. The Morgan fingerprint density at radius 2 is 2.29 bits per heavy atom. The van der Waals surface area contributed by atoms with Crippen molar-refractivity contribution < 1.29 is 13.9 Å². The number of methoxy groups -OCH3 is 1. The second-order valence-corrected chi connectivity index (χ2v) is 3.96. The fourth-order valence-electron chi connectivity index (χ4n) is 2.24. The van der Waals surface area contributed by atoms with Gasteiger partial charge in [-0.3, -0.25) is 4.99 Å². The summed E-state index contributed by atoms with van der Waals surface area (Å²) in [7, 11) is 1.38. The number of rotatable bonds is 2. The van der Waals surface area contributed by atoms with Crippen molar-refractivity contribution in [2.75, 3.05) is 7.11 Å². The van der Waals surface area contributed by atoms with Gasteiger partial charge in [0, 0.05) is 23.9 Å². The number of esters is 1. The van der Waals surface area contributed by atoms with E-state index in [-0.39, 0.29) is 11.9 Å². The van der Waals surface area contributed by atoms with Gasteiger partial charge in [-0.05, 0) is 18.6 Å². The van der Waals surface area contributed by atoms with Gasteiger partial charge in [-0.1, -0.05) is 6.08 Å². The van der Waals surface area contributed by atoms with E-state index in [1.807, 2.05) is 18.4 Å². The van der Waals surface area contributed by atoms with Gasteiger partial charge in [0.2, 0.25) is 0 Å². The molecule has 3 rings (SSSR count). The maximum Gasteiger partial charge on any atom is 0.342 e. The van der Waals surface area contributed by atoms with E-state index in [0.717, 1.165) is 17.6 Å². The highest BCUT2D eigenvalue weighted by Gasteiger charge is 2.27. The Balaban J connectivity index is 2.12. The molecular formula is C13H11NO3. The summed E-state index contributed by atoms with van der Waals surface area (Å²) in [5.74, 6) is -0.204. The number of benzene rings is 1. The molecule has 1 aliphatic heterocycles. The maximum atomic E-state index is 11.8. The van der Waals surface area contributed by atoms with Crippen LogP contribution in [0.1, 0.15) is 28.3 Å². The molecule has 2 bridgehead atoms. The Labute approximate surface area is 97.9 Å². The molecule has 0 amide bonds. The number of carbonyl (C=O) groups is 1. The smallest absolute Gasteiger partial charge is 0.342 e. The van der Waals surface area contributed by atoms with E-state index in [1.54, 1.807) is 12.3 Å². The normalized spacial score (nSPS) is 19.0. The van der Waals surface area contributed by atoms with Crippen LogP contribution in [0.2, 0.25) is 0 Å². The predicted molar refractivity (Wildman–Crippen MR) is 63.7 cm³/mol. The number of aliphatic imine (C=N–C) groups is 1. The van der Waals surface area contributed by atoms with Gasteiger partial charge < -0.3 is 9.15 Å². The van der Waals surface area contributed by atoms with Crippen LogP contribution in [0.3, 0.4) is 0 Å². The number of nitrogens with zero attached hydrogens (tertiary/aromatic N) is 1. The van der Waals surface area contributed by atoms with Gasteiger partial charge in [-0.25, -0.2) is 4.79 Å². The first-order valence-corrected chi connectivity index (χ1v) is 5.42. The molecule has 0 aliphatic carbocycles. The summed E-state index contributed by atoms with van der Waals surface area (Å²) in [4.78, 5) is 15.8.